The van der Waals surface area contributed by atoms with Crippen LogP contribution in [-0.4, -0.2) is 25.4 Å². The number of aliphatic imine (C=N–C) groups is 1. The molecule has 1 aromatic carbocycles. The Bertz CT molecular complexity index is 397. The topological polar surface area (TPSA) is 68.1 Å². The van der Waals surface area contributed by atoms with Crippen LogP contribution in [0.15, 0.2) is 17.1 Å². The highest BCUT2D eigenvalue weighted by molar-refractivity contribution is 5.50. The number of hydrogen-bond acceptors (Lipinski definition) is 5. The van der Waals surface area contributed by atoms with E-state index < -0.39 is 0 Å². The van der Waals surface area contributed by atoms with Crippen molar-refractivity contribution >= 4 is 6.08 Å². The monoisotopic (exact) mass is 209 g/mol. The molecule has 0 aliphatic heterocycles. The summed E-state index contributed by atoms with van der Waals surface area (Å²) in [6.45, 7) is 0.142. The van der Waals surface area contributed by atoms with Crippen LogP contribution in [0.4, 0.5) is 0 Å². The Morgan fingerprint density at radius 3 is 2.53 bits per heavy atom. The van der Waals surface area contributed by atoms with Crippen LogP contribution < -0.4 is 9.47 Å². The predicted molar refractivity (Wildman–Crippen MR) is 53.0 cm³/mol. The normalized spacial score (nSPS) is 9.20. The minimum Gasteiger partial charge on any atom is -0.504 e. The summed E-state index contributed by atoms with van der Waals surface area (Å²) in [6, 6.07) is 2.98. The first kappa shape index (κ1) is 11.1. The number of ether oxygens (including phenoxy) is 2. The molecular formula is C10H11NO4. The Hall–Kier alpha value is -2.00. The fraction of sp³-hybridized carbons (Fsp3) is 0.300. The van der Waals surface area contributed by atoms with Gasteiger partial charge in [-0.15, -0.1) is 0 Å². The highest BCUT2D eigenvalue weighted by Crippen LogP contribution is 2.33. The van der Waals surface area contributed by atoms with Crippen molar-refractivity contribution in [3.63, 3.8) is 0 Å². The first-order chi connectivity index (χ1) is 7.22. The number of nitrogens with zero attached hydrogens (tertiary/aromatic N) is 1. The lowest BCUT2D eigenvalue weighted by Crippen LogP contribution is -1.93. The molecule has 0 aliphatic rings. The number of carbonyl (C=O) groups excluding carboxylic acids is 1. The number of rotatable bonds is 4. The lowest BCUT2D eigenvalue weighted by molar-refractivity contribution is 0.364. The molecular weight excluding hydrogens is 198 g/mol. The van der Waals surface area contributed by atoms with Gasteiger partial charge in [0.1, 0.15) is 5.75 Å². The van der Waals surface area contributed by atoms with Gasteiger partial charge in [0.15, 0.2) is 11.5 Å². The summed E-state index contributed by atoms with van der Waals surface area (Å²) >= 11 is 0. The molecule has 0 aliphatic carbocycles. The van der Waals surface area contributed by atoms with Crippen molar-refractivity contribution in [1.82, 2.24) is 0 Å². The summed E-state index contributed by atoms with van der Waals surface area (Å²) in [5.74, 6) is 0.743. The number of hydrogen-bond donors (Lipinski definition) is 1. The van der Waals surface area contributed by atoms with Crippen molar-refractivity contribution in [2.24, 2.45) is 4.99 Å². The van der Waals surface area contributed by atoms with Crippen molar-refractivity contribution in [2.45, 2.75) is 6.54 Å². The molecule has 0 saturated heterocycles. The maximum atomic E-state index is 9.99. The smallest absolute Gasteiger partial charge is 0.235 e. The van der Waals surface area contributed by atoms with Crippen LogP contribution in [0.5, 0.6) is 17.2 Å². The van der Waals surface area contributed by atoms with Crippen LogP contribution in [0.3, 0.4) is 0 Å². The third-order valence-electron chi connectivity index (χ3n) is 1.90. The molecule has 5 heteroatoms. The van der Waals surface area contributed by atoms with Crippen molar-refractivity contribution in [2.75, 3.05) is 14.2 Å². The zero-order valence-electron chi connectivity index (χ0n) is 8.48. The highest BCUT2D eigenvalue weighted by atomic mass is 16.5. The molecule has 0 radical (unpaired) electrons. The molecule has 1 rings (SSSR count). The number of methoxy groups -OCH3 is 2. The van der Waals surface area contributed by atoms with Crippen LogP contribution in [0.1, 0.15) is 5.56 Å². The average Bonchev–Trinajstić information content (AvgIpc) is 2.26. The SMILES string of the molecule is COc1cc(CN=C=O)c(OC)cc1O. The molecule has 0 atom stereocenters. The fourth-order valence-electron chi connectivity index (χ4n) is 1.19. The van der Waals surface area contributed by atoms with E-state index in [0.717, 1.165) is 0 Å². The quantitative estimate of drug-likeness (QED) is 0.598. The van der Waals surface area contributed by atoms with Gasteiger partial charge in [-0.1, -0.05) is 0 Å². The Balaban J connectivity index is 3.15. The molecule has 80 valence electrons. The van der Waals surface area contributed by atoms with Crippen LogP contribution >= 0.6 is 0 Å². The average molecular weight is 209 g/mol. The van der Waals surface area contributed by atoms with Gasteiger partial charge in [0.2, 0.25) is 6.08 Å². The first-order valence-electron chi connectivity index (χ1n) is 4.20. The number of isocyanates is 1. The molecule has 1 aromatic rings. The summed E-state index contributed by atoms with van der Waals surface area (Å²) in [5.41, 5.74) is 0.649. The largest absolute Gasteiger partial charge is 0.504 e. The summed E-state index contributed by atoms with van der Waals surface area (Å²) in [6.07, 6.45) is 1.44. The molecule has 0 spiro atoms. The van der Waals surface area contributed by atoms with Crippen molar-refractivity contribution in [1.29, 1.82) is 0 Å². The number of phenols is 1. The number of aromatic hydroxyl groups is 1. The van der Waals surface area contributed by atoms with Crippen molar-refractivity contribution < 1.29 is 19.4 Å². The Kier molecular flexibility index (Phi) is 3.71. The first-order valence-corrected chi connectivity index (χ1v) is 4.20. The highest BCUT2D eigenvalue weighted by Gasteiger charge is 2.09. The fourth-order valence-corrected chi connectivity index (χ4v) is 1.19. The van der Waals surface area contributed by atoms with Crippen molar-refractivity contribution in [3.8, 4) is 17.2 Å². The van der Waals surface area contributed by atoms with Gasteiger partial charge in [0, 0.05) is 11.6 Å². The molecule has 5 nitrogen and oxygen atoms in total. The molecule has 0 bridgehead atoms. The van der Waals surface area contributed by atoms with E-state index in [1.165, 1.54) is 26.4 Å². The third kappa shape index (κ3) is 2.48. The van der Waals surface area contributed by atoms with Crippen LogP contribution in [0.2, 0.25) is 0 Å². The number of phenolic OH excluding ortho intramolecular Hbond substituents is 1. The van der Waals surface area contributed by atoms with Gasteiger partial charge in [-0.2, -0.15) is 0 Å². The minimum absolute atomic E-state index is 0.0202. The Morgan fingerprint density at radius 1 is 1.33 bits per heavy atom. The lowest BCUT2D eigenvalue weighted by Gasteiger charge is -2.09. The van der Waals surface area contributed by atoms with Gasteiger partial charge in [-0.3, -0.25) is 0 Å². The predicted octanol–water partition coefficient (Wildman–Crippen LogP) is 1.25. The van der Waals surface area contributed by atoms with Gasteiger partial charge in [-0.25, -0.2) is 9.79 Å². The molecule has 0 amide bonds. The third-order valence-corrected chi connectivity index (χ3v) is 1.90. The van der Waals surface area contributed by atoms with Gasteiger partial charge in [0.25, 0.3) is 0 Å². The second kappa shape index (κ2) is 5.02. The van der Waals surface area contributed by atoms with E-state index in [2.05, 4.69) is 4.99 Å². The molecule has 1 N–H and O–H groups in total. The van der Waals surface area contributed by atoms with Crippen LogP contribution in [-0.2, 0) is 11.3 Å². The van der Waals surface area contributed by atoms with E-state index in [-0.39, 0.29) is 12.3 Å². The van der Waals surface area contributed by atoms with Gasteiger partial charge in [-0.05, 0) is 6.07 Å². The molecule has 0 unspecified atom stereocenters. The zero-order chi connectivity index (χ0) is 11.3. The summed E-state index contributed by atoms with van der Waals surface area (Å²) < 4.78 is 9.94. The van der Waals surface area contributed by atoms with Crippen LogP contribution in [0, 0.1) is 0 Å². The molecule has 15 heavy (non-hydrogen) atoms. The van der Waals surface area contributed by atoms with E-state index in [1.807, 2.05) is 0 Å². The summed E-state index contributed by atoms with van der Waals surface area (Å²) in [4.78, 5) is 13.4. The van der Waals surface area contributed by atoms with Crippen molar-refractivity contribution in [3.05, 3.63) is 17.7 Å². The summed E-state index contributed by atoms with van der Waals surface area (Å²) in [7, 11) is 2.91. The maximum absolute atomic E-state index is 9.99. The second-order valence-electron chi connectivity index (χ2n) is 2.74. The van der Waals surface area contributed by atoms with E-state index in [9.17, 15) is 9.90 Å². The standard InChI is InChI=1S/C10H11NO4/c1-14-9-4-8(13)10(15-2)3-7(9)5-11-6-12/h3-4,13H,5H2,1-2H3. The van der Waals surface area contributed by atoms with Gasteiger partial charge in [0.05, 0.1) is 20.8 Å². The maximum Gasteiger partial charge on any atom is 0.235 e. The molecule has 0 heterocycles. The van der Waals surface area contributed by atoms with Gasteiger partial charge >= 0.3 is 0 Å². The zero-order valence-corrected chi connectivity index (χ0v) is 8.48. The second-order valence-corrected chi connectivity index (χ2v) is 2.74. The summed E-state index contributed by atoms with van der Waals surface area (Å²) in [5, 5.41) is 9.46. The molecule has 0 saturated carbocycles. The van der Waals surface area contributed by atoms with Crippen LogP contribution in [0.25, 0.3) is 0 Å². The van der Waals surface area contributed by atoms with E-state index in [0.29, 0.717) is 17.1 Å². The Labute approximate surface area is 87.0 Å². The number of benzene rings is 1. The van der Waals surface area contributed by atoms with E-state index in [4.69, 9.17) is 9.47 Å². The van der Waals surface area contributed by atoms with Gasteiger partial charge < -0.3 is 14.6 Å². The minimum atomic E-state index is -0.0202. The Morgan fingerprint density at radius 2 is 2.00 bits per heavy atom. The van der Waals surface area contributed by atoms with E-state index in [1.54, 1.807) is 6.07 Å². The molecule has 0 aromatic heterocycles. The lowest BCUT2D eigenvalue weighted by atomic mass is 10.1. The van der Waals surface area contributed by atoms with E-state index >= 15 is 0 Å². The molecule has 0 fully saturated rings.